The molecule has 1 aliphatic heterocycles. The van der Waals surface area contributed by atoms with Gasteiger partial charge in [-0.25, -0.2) is 9.78 Å². The average Bonchev–Trinajstić information content (AvgIpc) is 2.27. The third-order valence-corrected chi connectivity index (χ3v) is 2.40. The van der Waals surface area contributed by atoms with Gasteiger partial charge in [-0.05, 0) is 17.7 Å². The Morgan fingerprint density at radius 1 is 1.44 bits per heavy atom. The zero-order valence-electron chi connectivity index (χ0n) is 8.99. The van der Waals surface area contributed by atoms with Crippen molar-refractivity contribution >= 4 is 11.5 Å². The fourth-order valence-electron chi connectivity index (χ4n) is 1.64. The maximum absolute atomic E-state index is 12.4. The highest BCUT2D eigenvalue weighted by Gasteiger charge is 2.34. The van der Waals surface area contributed by atoms with Gasteiger partial charge in [-0.2, -0.15) is 13.2 Å². The van der Waals surface area contributed by atoms with Gasteiger partial charge in [-0.3, -0.25) is 0 Å². The lowest BCUT2D eigenvalue weighted by Gasteiger charge is -2.19. The fraction of sp³-hybridized carbons (Fsp3) is 0.273. The molecule has 1 N–H and O–H groups in total. The number of carboxylic acid groups (broad SMARTS) is 1. The molecule has 4 nitrogen and oxygen atoms in total. The normalized spacial score (nSPS) is 17.2. The Bertz CT molecular complexity index is 523. The van der Waals surface area contributed by atoms with Crippen LogP contribution in [0.5, 0.6) is 5.88 Å². The summed E-state index contributed by atoms with van der Waals surface area (Å²) in [6.45, 7) is 0.112. The van der Waals surface area contributed by atoms with E-state index in [1.807, 2.05) is 0 Å². The van der Waals surface area contributed by atoms with Gasteiger partial charge in [-0.1, -0.05) is 0 Å². The van der Waals surface area contributed by atoms with Crippen molar-refractivity contribution in [2.24, 2.45) is 0 Å². The van der Waals surface area contributed by atoms with Gasteiger partial charge in [0.1, 0.15) is 5.69 Å². The Morgan fingerprint density at radius 3 is 2.78 bits per heavy atom. The number of nitrogens with zero attached hydrogens (tertiary/aromatic N) is 1. The van der Waals surface area contributed by atoms with Crippen molar-refractivity contribution in [2.75, 3.05) is 6.61 Å². The summed E-state index contributed by atoms with van der Waals surface area (Å²) in [6.07, 6.45) is -3.27. The number of halogens is 3. The molecule has 0 aliphatic carbocycles. The standard InChI is InChI=1S/C11H8F3NO3/c12-11(13,14)8-2-1-7-6(5-9(16)17)3-4-18-10(7)15-8/h1-2,5H,3-4H2,(H,16,17)/b6-5+. The van der Waals surface area contributed by atoms with E-state index in [0.717, 1.165) is 12.1 Å². The van der Waals surface area contributed by atoms with Gasteiger partial charge in [0.05, 0.1) is 6.61 Å². The van der Waals surface area contributed by atoms with Gasteiger partial charge >= 0.3 is 12.1 Å². The topological polar surface area (TPSA) is 59.4 Å². The molecule has 0 bridgehead atoms. The summed E-state index contributed by atoms with van der Waals surface area (Å²) in [5.74, 6) is -1.33. The minimum absolute atomic E-state index is 0.112. The molecule has 0 amide bonds. The summed E-state index contributed by atoms with van der Waals surface area (Å²) in [6, 6.07) is 1.99. The Kier molecular flexibility index (Phi) is 2.98. The third kappa shape index (κ3) is 2.44. The molecule has 2 heterocycles. The number of carboxylic acids is 1. The van der Waals surface area contributed by atoms with Crippen LogP contribution in [-0.2, 0) is 11.0 Å². The number of pyridine rings is 1. The summed E-state index contributed by atoms with van der Waals surface area (Å²) in [7, 11) is 0. The van der Waals surface area contributed by atoms with Gasteiger partial charge in [0, 0.05) is 18.1 Å². The molecule has 18 heavy (non-hydrogen) atoms. The van der Waals surface area contributed by atoms with Gasteiger partial charge in [0.15, 0.2) is 0 Å². The number of rotatable bonds is 1. The smallest absolute Gasteiger partial charge is 0.433 e. The molecule has 0 spiro atoms. The average molecular weight is 259 g/mol. The van der Waals surface area contributed by atoms with E-state index >= 15 is 0 Å². The zero-order chi connectivity index (χ0) is 13.3. The van der Waals surface area contributed by atoms with Crippen molar-refractivity contribution in [1.82, 2.24) is 4.98 Å². The summed E-state index contributed by atoms with van der Waals surface area (Å²) >= 11 is 0. The predicted octanol–water partition coefficient (Wildman–Crippen LogP) is 2.35. The van der Waals surface area contributed by atoms with Crippen LogP contribution in [0, 0.1) is 0 Å². The van der Waals surface area contributed by atoms with Crippen LogP contribution in [0.25, 0.3) is 5.57 Å². The maximum atomic E-state index is 12.4. The Hall–Kier alpha value is -2.05. The van der Waals surface area contributed by atoms with Crippen molar-refractivity contribution in [1.29, 1.82) is 0 Å². The van der Waals surface area contributed by atoms with Crippen LogP contribution < -0.4 is 4.74 Å². The first-order valence-corrected chi connectivity index (χ1v) is 5.03. The van der Waals surface area contributed by atoms with Crippen molar-refractivity contribution < 1.29 is 27.8 Å². The largest absolute Gasteiger partial charge is 0.478 e. The van der Waals surface area contributed by atoms with Crippen molar-refractivity contribution in [3.63, 3.8) is 0 Å². The predicted molar refractivity (Wildman–Crippen MR) is 55.0 cm³/mol. The number of hydrogen-bond acceptors (Lipinski definition) is 3. The zero-order valence-corrected chi connectivity index (χ0v) is 8.99. The molecule has 1 aromatic rings. The summed E-state index contributed by atoms with van der Waals surface area (Å²) < 4.78 is 42.3. The molecule has 0 aromatic carbocycles. The second kappa shape index (κ2) is 4.32. The number of hydrogen-bond donors (Lipinski definition) is 1. The number of alkyl halides is 3. The molecule has 0 saturated heterocycles. The van der Waals surface area contributed by atoms with Crippen LogP contribution in [-0.4, -0.2) is 22.7 Å². The summed E-state index contributed by atoms with van der Waals surface area (Å²) in [5.41, 5.74) is -0.362. The van der Waals surface area contributed by atoms with E-state index in [-0.39, 0.29) is 18.1 Å². The van der Waals surface area contributed by atoms with E-state index in [1.54, 1.807) is 0 Å². The van der Waals surface area contributed by atoms with E-state index in [9.17, 15) is 18.0 Å². The Labute approximate surface area is 99.7 Å². The van der Waals surface area contributed by atoms with Crippen molar-refractivity contribution in [3.8, 4) is 5.88 Å². The molecule has 0 saturated carbocycles. The summed E-state index contributed by atoms with van der Waals surface area (Å²) in [4.78, 5) is 13.9. The molecule has 2 rings (SSSR count). The van der Waals surface area contributed by atoms with Crippen molar-refractivity contribution in [3.05, 3.63) is 29.5 Å². The molecule has 0 unspecified atom stereocenters. The monoisotopic (exact) mass is 259 g/mol. The second-order valence-electron chi connectivity index (χ2n) is 3.65. The minimum Gasteiger partial charge on any atom is -0.478 e. The highest BCUT2D eigenvalue weighted by Crippen LogP contribution is 2.35. The quantitative estimate of drug-likeness (QED) is 0.786. The molecule has 1 aliphatic rings. The highest BCUT2D eigenvalue weighted by molar-refractivity contribution is 5.91. The molecule has 0 atom stereocenters. The number of aliphatic carboxylic acids is 1. The van der Waals surface area contributed by atoms with E-state index < -0.39 is 17.8 Å². The third-order valence-electron chi connectivity index (χ3n) is 2.40. The highest BCUT2D eigenvalue weighted by atomic mass is 19.4. The second-order valence-corrected chi connectivity index (χ2v) is 3.65. The lowest BCUT2D eigenvalue weighted by Crippen LogP contribution is -2.14. The van der Waals surface area contributed by atoms with Crippen LogP contribution in [0.15, 0.2) is 18.2 Å². The molecular formula is C11H8F3NO3. The van der Waals surface area contributed by atoms with Gasteiger partial charge in [-0.15, -0.1) is 0 Å². The van der Waals surface area contributed by atoms with Crippen LogP contribution in [0.2, 0.25) is 0 Å². The van der Waals surface area contributed by atoms with E-state index in [1.165, 1.54) is 6.07 Å². The Balaban J connectivity index is 2.46. The van der Waals surface area contributed by atoms with Crippen molar-refractivity contribution in [2.45, 2.75) is 12.6 Å². The first-order valence-electron chi connectivity index (χ1n) is 5.03. The van der Waals surface area contributed by atoms with E-state index in [0.29, 0.717) is 12.0 Å². The van der Waals surface area contributed by atoms with Gasteiger partial charge < -0.3 is 9.84 Å². The molecule has 7 heteroatoms. The molecule has 96 valence electrons. The van der Waals surface area contributed by atoms with Crippen LogP contribution in [0.3, 0.4) is 0 Å². The minimum atomic E-state index is -4.55. The number of carbonyl (C=O) groups is 1. The van der Waals surface area contributed by atoms with E-state index in [2.05, 4.69) is 4.98 Å². The molecule has 0 fully saturated rings. The number of fused-ring (bicyclic) bond motifs is 1. The van der Waals surface area contributed by atoms with Gasteiger partial charge in [0.25, 0.3) is 0 Å². The number of aromatic nitrogens is 1. The van der Waals surface area contributed by atoms with Crippen LogP contribution in [0.1, 0.15) is 17.7 Å². The molecule has 0 radical (unpaired) electrons. The first kappa shape index (κ1) is 12.4. The number of ether oxygens (including phenoxy) is 1. The fourth-order valence-corrected chi connectivity index (χ4v) is 1.64. The first-order chi connectivity index (χ1) is 8.38. The lowest BCUT2D eigenvalue weighted by molar-refractivity contribution is -0.141. The molecule has 1 aromatic heterocycles. The van der Waals surface area contributed by atoms with E-state index in [4.69, 9.17) is 9.84 Å². The summed E-state index contributed by atoms with van der Waals surface area (Å²) in [5, 5.41) is 8.66. The maximum Gasteiger partial charge on any atom is 0.433 e. The lowest BCUT2D eigenvalue weighted by atomic mass is 10.0. The van der Waals surface area contributed by atoms with Crippen LogP contribution in [0.4, 0.5) is 13.2 Å². The Morgan fingerprint density at radius 2 is 2.17 bits per heavy atom. The van der Waals surface area contributed by atoms with Gasteiger partial charge in [0.2, 0.25) is 5.88 Å². The SMILES string of the molecule is O=C(O)/C=C1\CCOc2nc(C(F)(F)F)ccc21. The van der Waals surface area contributed by atoms with Crippen LogP contribution >= 0.6 is 0 Å². The molecular weight excluding hydrogens is 251 g/mol.